The second kappa shape index (κ2) is 15.1. The summed E-state index contributed by atoms with van der Waals surface area (Å²) in [5.41, 5.74) is 16.7. The van der Waals surface area contributed by atoms with E-state index in [1.165, 1.54) is 43.8 Å². The molecule has 2 aliphatic rings. The van der Waals surface area contributed by atoms with E-state index in [2.05, 4.69) is 202 Å². The Morgan fingerprint density at radius 1 is 0.426 bits per heavy atom. The summed E-state index contributed by atoms with van der Waals surface area (Å²) < 4.78 is 0. The third-order valence-corrected chi connectivity index (χ3v) is 13.7. The molecule has 8 aromatic carbocycles. The van der Waals surface area contributed by atoms with E-state index in [9.17, 15) is 0 Å². The summed E-state index contributed by atoms with van der Waals surface area (Å²) in [5.74, 6) is 1.88. The maximum Gasteiger partial charge on any atom is 0.164 e. The zero-order valence-corrected chi connectivity index (χ0v) is 34.6. The Labute approximate surface area is 360 Å². The van der Waals surface area contributed by atoms with Crippen molar-refractivity contribution in [2.45, 2.75) is 29.4 Å². The topological polar surface area (TPSA) is 51.0 Å². The van der Waals surface area contributed by atoms with Crippen molar-refractivity contribution in [3.63, 3.8) is 0 Å². The lowest BCUT2D eigenvalue weighted by Gasteiger charge is -2.39. The SMILES string of the molecule is Cc1ccc2c(c1)SC1C(c3ccc(-c4nc(-c5ccc(-c6ccccc6)cc5)nc(-c5ccc(-c6ccccc6)cc5)n4)cc3)=Nc3cccc(-c4ccccc4)c3C21C. The average molecular weight is 801 g/mol. The van der Waals surface area contributed by atoms with Gasteiger partial charge in [0.15, 0.2) is 17.5 Å². The molecule has 5 heteroatoms. The van der Waals surface area contributed by atoms with Crippen LogP contribution in [0.3, 0.4) is 0 Å². The van der Waals surface area contributed by atoms with Crippen LogP contribution in [0.1, 0.15) is 29.2 Å². The summed E-state index contributed by atoms with van der Waals surface area (Å²) in [6.07, 6.45) is 0. The molecular formula is C56H40N4S. The quantitative estimate of drug-likeness (QED) is 0.161. The highest BCUT2D eigenvalue weighted by molar-refractivity contribution is 8.01. The van der Waals surface area contributed by atoms with Gasteiger partial charge in [0.2, 0.25) is 0 Å². The second-order valence-corrected chi connectivity index (χ2v) is 17.2. The van der Waals surface area contributed by atoms with Crippen LogP contribution in [0, 0.1) is 6.92 Å². The highest BCUT2D eigenvalue weighted by Crippen LogP contribution is 2.60. The van der Waals surface area contributed by atoms with Crippen LogP contribution in [0.15, 0.2) is 210 Å². The molecule has 1 aromatic heterocycles. The molecule has 290 valence electrons. The van der Waals surface area contributed by atoms with Crippen LogP contribution in [0.25, 0.3) is 67.5 Å². The molecule has 0 aliphatic carbocycles. The molecule has 2 unspecified atom stereocenters. The van der Waals surface area contributed by atoms with Crippen LogP contribution in [-0.2, 0) is 5.41 Å². The summed E-state index contributed by atoms with van der Waals surface area (Å²) >= 11 is 1.94. The molecule has 0 radical (unpaired) electrons. The highest BCUT2D eigenvalue weighted by atomic mass is 32.2. The van der Waals surface area contributed by atoms with E-state index < -0.39 is 0 Å². The van der Waals surface area contributed by atoms with E-state index in [1.807, 2.05) is 23.9 Å². The standard InChI is InChI=1S/C56H40N4S/c1-36-21-34-47-49(35-36)61-52-51(57-48-20-12-19-46(50(48)56(47,52)2)41-17-10-5-11-18-41)42-26-32-45(33-27-42)55-59-53(43-28-22-39(23-29-43)37-13-6-3-7-14-37)58-54(60-55)44-30-24-40(25-31-44)38-15-8-4-9-16-38/h3-35,52H,1-2H3. The zero-order chi connectivity index (χ0) is 40.9. The van der Waals surface area contributed by atoms with Gasteiger partial charge < -0.3 is 0 Å². The summed E-state index contributed by atoms with van der Waals surface area (Å²) in [6.45, 7) is 4.60. The maximum absolute atomic E-state index is 5.52. The van der Waals surface area contributed by atoms with Crippen molar-refractivity contribution in [2.24, 2.45) is 4.99 Å². The van der Waals surface area contributed by atoms with Crippen LogP contribution in [0.5, 0.6) is 0 Å². The molecule has 0 fully saturated rings. The highest BCUT2D eigenvalue weighted by Gasteiger charge is 2.52. The molecule has 0 bridgehead atoms. The number of hydrogen-bond acceptors (Lipinski definition) is 5. The largest absolute Gasteiger partial charge is 0.251 e. The third-order valence-electron chi connectivity index (χ3n) is 12.2. The van der Waals surface area contributed by atoms with Crippen molar-refractivity contribution in [2.75, 3.05) is 0 Å². The van der Waals surface area contributed by atoms with Crippen LogP contribution < -0.4 is 0 Å². The Bertz CT molecular complexity index is 2990. The van der Waals surface area contributed by atoms with Crippen molar-refractivity contribution in [3.8, 4) is 67.5 Å². The average Bonchev–Trinajstić information content (AvgIpc) is 3.63. The lowest BCUT2D eigenvalue weighted by molar-refractivity contribution is 0.610. The van der Waals surface area contributed by atoms with Gasteiger partial charge in [-0.3, -0.25) is 4.99 Å². The van der Waals surface area contributed by atoms with Gasteiger partial charge in [0, 0.05) is 27.0 Å². The molecule has 0 spiro atoms. The minimum Gasteiger partial charge on any atom is -0.251 e. The van der Waals surface area contributed by atoms with E-state index in [0.29, 0.717) is 17.5 Å². The second-order valence-electron chi connectivity index (χ2n) is 16.0. The molecule has 4 nitrogen and oxygen atoms in total. The van der Waals surface area contributed by atoms with E-state index in [0.717, 1.165) is 44.8 Å². The first-order valence-corrected chi connectivity index (χ1v) is 21.6. The van der Waals surface area contributed by atoms with Crippen molar-refractivity contribution in [1.29, 1.82) is 0 Å². The molecular weight excluding hydrogens is 761 g/mol. The van der Waals surface area contributed by atoms with Crippen LogP contribution in [-0.4, -0.2) is 25.9 Å². The van der Waals surface area contributed by atoms with Gasteiger partial charge in [0.05, 0.1) is 16.6 Å². The molecule has 11 rings (SSSR count). The zero-order valence-electron chi connectivity index (χ0n) is 33.8. The van der Waals surface area contributed by atoms with Gasteiger partial charge in [-0.2, -0.15) is 0 Å². The van der Waals surface area contributed by atoms with Crippen molar-refractivity contribution in [1.82, 2.24) is 15.0 Å². The fraction of sp³-hybridized carbons (Fsp3) is 0.0714. The fourth-order valence-electron chi connectivity index (χ4n) is 9.02. The molecule has 3 heterocycles. The number of aryl methyl sites for hydroxylation is 1. The Hall–Kier alpha value is -7.21. The Morgan fingerprint density at radius 3 is 1.38 bits per heavy atom. The molecule has 61 heavy (non-hydrogen) atoms. The number of nitrogens with zero attached hydrogens (tertiary/aromatic N) is 4. The third kappa shape index (κ3) is 6.59. The monoisotopic (exact) mass is 800 g/mol. The Balaban J connectivity index is 1.00. The number of hydrogen-bond donors (Lipinski definition) is 0. The minimum absolute atomic E-state index is 0.0839. The van der Waals surface area contributed by atoms with Gasteiger partial charge in [0.1, 0.15) is 0 Å². The number of aromatic nitrogens is 3. The van der Waals surface area contributed by atoms with Crippen molar-refractivity contribution >= 4 is 23.2 Å². The molecule has 0 N–H and O–H groups in total. The number of benzene rings is 8. The van der Waals surface area contributed by atoms with Crippen molar-refractivity contribution in [3.05, 3.63) is 222 Å². The predicted octanol–water partition coefficient (Wildman–Crippen LogP) is 14.1. The fourth-order valence-corrected chi connectivity index (χ4v) is 10.7. The maximum atomic E-state index is 5.52. The van der Waals surface area contributed by atoms with Gasteiger partial charge >= 0.3 is 0 Å². The minimum atomic E-state index is -0.296. The van der Waals surface area contributed by atoms with Gasteiger partial charge in [-0.15, -0.1) is 11.8 Å². The van der Waals surface area contributed by atoms with Gasteiger partial charge in [-0.05, 0) is 81.6 Å². The summed E-state index contributed by atoms with van der Waals surface area (Å²) in [7, 11) is 0. The normalized spacial score (nSPS) is 16.3. The molecule has 0 amide bonds. The van der Waals surface area contributed by atoms with E-state index in [-0.39, 0.29) is 10.7 Å². The number of fused-ring (bicyclic) bond motifs is 5. The molecule has 0 saturated carbocycles. The number of aliphatic imine (C=N–C) groups is 1. The Morgan fingerprint density at radius 2 is 0.869 bits per heavy atom. The molecule has 0 saturated heterocycles. The first-order chi connectivity index (χ1) is 30.0. The van der Waals surface area contributed by atoms with E-state index in [1.54, 1.807) is 0 Å². The Kier molecular flexibility index (Phi) is 9.13. The van der Waals surface area contributed by atoms with Crippen LogP contribution >= 0.6 is 11.8 Å². The first kappa shape index (κ1) is 36.8. The first-order valence-electron chi connectivity index (χ1n) is 20.7. The van der Waals surface area contributed by atoms with Crippen molar-refractivity contribution < 1.29 is 0 Å². The lowest BCUT2D eigenvalue weighted by atomic mass is 9.67. The van der Waals surface area contributed by atoms with Crippen LogP contribution in [0.2, 0.25) is 0 Å². The number of rotatable bonds is 7. The molecule has 9 aromatic rings. The summed E-state index contributed by atoms with van der Waals surface area (Å²) in [5, 5.41) is 0.0839. The molecule has 2 aliphatic heterocycles. The van der Waals surface area contributed by atoms with Gasteiger partial charge in [-0.1, -0.05) is 188 Å². The molecule has 2 atom stereocenters. The predicted molar refractivity (Wildman–Crippen MR) is 252 cm³/mol. The lowest BCUT2D eigenvalue weighted by Crippen LogP contribution is -2.41. The van der Waals surface area contributed by atoms with E-state index in [4.69, 9.17) is 19.9 Å². The van der Waals surface area contributed by atoms with Crippen LogP contribution in [0.4, 0.5) is 5.69 Å². The van der Waals surface area contributed by atoms with Gasteiger partial charge in [0.25, 0.3) is 0 Å². The summed E-state index contributed by atoms with van der Waals surface area (Å²) in [4.78, 5) is 22.2. The smallest absolute Gasteiger partial charge is 0.164 e. The van der Waals surface area contributed by atoms with E-state index >= 15 is 0 Å². The summed E-state index contributed by atoms with van der Waals surface area (Å²) in [6, 6.07) is 70.7. The number of thioether (sulfide) groups is 1. The van der Waals surface area contributed by atoms with Gasteiger partial charge in [-0.25, -0.2) is 15.0 Å².